The highest BCUT2D eigenvalue weighted by Gasteiger charge is 2.46. The van der Waals surface area contributed by atoms with Crippen molar-refractivity contribution < 1.29 is 27.9 Å². The Hall–Kier alpha value is -3.07. The fourth-order valence-corrected chi connectivity index (χ4v) is 3.64. The van der Waals surface area contributed by atoms with Gasteiger partial charge in [-0.05, 0) is 17.7 Å². The molecule has 2 saturated heterocycles. The van der Waals surface area contributed by atoms with Gasteiger partial charge in [-0.15, -0.1) is 0 Å². The maximum atomic E-state index is 12.4. The summed E-state index contributed by atoms with van der Waals surface area (Å²) in [4.78, 5) is 25.7. The summed E-state index contributed by atoms with van der Waals surface area (Å²) in [5, 5.41) is 10.1. The average Bonchev–Trinajstić information content (AvgIpc) is 3.05. The van der Waals surface area contributed by atoms with E-state index in [1.165, 1.54) is 5.56 Å². The number of hydrogen-bond donors (Lipinski definition) is 2. The second kappa shape index (κ2) is 9.17. The van der Waals surface area contributed by atoms with Gasteiger partial charge < -0.3 is 15.3 Å². The number of anilines is 1. The topological polar surface area (TPSA) is 72.9 Å². The van der Waals surface area contributed by atoms with Crippen LogP contribution in [0.1, 0.15) is 5.56 Å². The Morgan fingerprint density at radius 3 is 2.10 bits per heavy atom. The fourth-order valence-electron chi connectivity index (χ4n) is 3.64. The van der Waals surface area contributed by atoms with Gasteiger partial charge in [0.25, 0.3) is 0 Å². The zero-order chi connectivity index (χ0) is 21.7. The van der Waals surface area contributed by atoms with Gasteiger partial charge in [-0.3, -0.25) is 4.90 Å². The van der Waals surface area contributed by atoms with E-state index in [1.54, 1.807) is 0 Å². The Morgan fingerprint density at radius 2 is 1.53 bits per heavy atom. The predicted molar refractivity (Wildman–Crippen MR) is 105 cm³/mol. The Morgan fingerprint density at radius 1 is 0.967 bits per heavy atom. The van der Waals surface area contributed by atoms with Gasteiger partial charge in [0.05, 0.1) is 0 Å². The Kier molecular flexibility index (Phi) is 6.61. The molecule has 6 nitrogen and oxygen atoms in total. The van der Waals surface area contributed by atoms with Crippen molar-refractivity contribution in [1.29, 1.82) is 0 Å². The van der Waals surface area contributed by atoms with Crippen LogP contribution in [0, 0.1) is 5.92 Å². The van der Waals surface area contributed by atoms with Gasteiger partial charge in [0.2, 0.25) is 0 Å². The minimum Gasteiger partial charge on any atom is -0.475 e. The molecule has 0 aromatic heterocycles. The lowest BCUT2D eigenvalue weighted by atomic mass is 9.91. The largest absolute Gasteiger partial charge is 0.490 e. The first-order chi connectivity index (χ1) is 14.2. The molecule has 0 aliphatic carbocycles. The van der Waals surface area contributed by atoms with Crippen molar-refractivity contribution in [2.24, 2.45) is 5.92 Å². The number of carboxylic acid groups (broad SMARTS) is 1. The van der Waals surface area contributed by atoms with E-state index in [1.807, 2.05) is 41.3 Å². The lowest BCUT2D eigenvalue weighted by molar-refractivity contribution is -0.192. The van der Waals surface area contributed by atoms with Gasteiger partial charge in [-0.2, -0.15) is 13.2 Å². The molecule has 9 heteroatoms. The Balaban J connectivity index is 0.000000318. The molecule has 0 saturated carbocycles. The number of alkyl halides is 3. The van der Waals surface area contributed by atoms with Crippen LogP contribution in [0.2, 0.25) is 0 Å². The smallest absolute Gasteiger partial charge is 0.475 e. The van der Waals surface area contributed by atoms with Gasteiger partial charge in [0.1, 0.15) is 0 Å². The number of nitrogens with zero attached hydrogens (tertiary/aromatic N) is 2. The average molecular weight is 421 g/mol. The number of fused-ring (bicyclic) bond motifs is 1. The minimum atomic E-state index is -5.08. The molecule has 2 aliphatic rings. The van der Waals surface area contributed by atoms with E-state index in [-0.39, 0.29) is 6.03 Å². The molecule has 2 amide bonds. The van der Waals surface area contributed by atoms with E-state index in [0.29, 0.717) is 12.0 Å². The Bertz CT molecular complexity index is 862. The molecule has 2 atom stereocenters. The molecule has 160 valence electrons. The number of carboxylic acids is 1. The number of hydrogen-bond acceptors (Lipinski definition) is 3. The summed E-state index contributed by atoms with van der Waals surface area (Å²) in [6, 6.07) is 20.7. The first-order valence-corrected chi connectivity index (χ1v) is 9.43. The molecule has 2 aromatic carbocycles. The quantitative estimate of drug-likeness (QED) is 0.793. The second-order valence-electron chi connectivity index (χ2n) is 7.25. The number of urea groups is 1. The van der Waals surface area contributed by atoms with Gasteiger partial charge >= 0.3 is 18.2 Å². The van der Waals surface area contributed by atoms with Crippen LogP contribution >= 0.6 is 0 Å². The summed E-state index contributed by atoms with van der Waals surface area (Å²) in [5.74, 6) is -2.13. The Labute approximate surface area is 171 Å². The lowest BCUT2D eigenvalue weighted by Gasteiger charge is -2.43. The number of carbonyl (C=O) groups is 2. The number of benzene rings is 2. The molecule has 2 N–H and O–H groups in total. The lowest BCUT2D eigenvalue weighted by Crippen LogP contribution is -2.54. The summed E-state index contributed by atoms with van der Waals surface area (Å²) < 4.78 is 31.7. The molecule has 2 unspecified atom stereocenters. The van der Waals surface area contributed by atoms with Gasteiger partial charge in [-0.25, -0.2) is 9.59 Å². The normalized spacial score (nSPS) is 20.4. The number of likely N-dealkylation sites (tertiary alicyclic amines) is 2. The molecule has 0 spiro atoms. The molecule has 2 fully saturated rings. The van der Waals surface area contributed by atoms with Gasteiger partial charge in [0.15, 0.2) is 0 Å². The van der Waals surface area contributed by atoms with Crippen LogP contribution in [0.4, 0.5) is 23.7 Å². The van der Waals surface area contributed by atoms with Crippen LogP contribution in [-0.2, 0) is 11.3 Å². The first kappa shape index (κ1) is 21.6. The SMILES string of the molecule is O=C(Nc1ccccc1)N1CC2CN(Cc3ccccc3)C2C1.O=C(O)C(F)(F)F. The molecule has 0 radical (unpaired) electrons. The first-order valence-electron chi connectivity index (χ1n) is 9.43. The monoisotopic (exact) mass is 421 g/mol. The van der Waals surface area contributed by atoms with Crippen molar-refractivity contribution in [3.8, 4) is 0 Å². The number of nitrogens with one attached hydrogen (secondary N) is 1. The summed E-state index contributed by atoms with van der Waals surface area (Å²) in [6.07, 6.45) is -5.08. The van der Waals surface area contributed by atoms with Crippen molar-refractivity contribution >= 4 is 17.7 Å². The van der Waals surface area contributed by atoms with Crippen molar-refractivity contribution in [2.45, 2.75) is 18.8 Å². The van der Waals surface area contributed by atoms with Crippen LogP contribution in [0.15, 0.2) is 60.7 Å². The second-order valence-corrected chi connectivity index (χ2v) is 7.25. The van der Waals surface area contributed by atoms with E-state index in [0.717, 1.165) is 31.9 Å². The van der Waals surface area contributed by atoms with E-state index in [9.17, 15) is 18.0 Å². The third-order valence-electron chi connectivity index (χ3n) is 5.13. The fraction of sp³-hybridized carbons (Fsp3) is 0.333. The molecular weight excluding hydrogens is 399 g/mol. The van der Waals surface area contributed by atoms with Crippen LogP contribution in [0.5, 0.6) is 0 Å². The van der Waals surface area contributed by atoms with Crippen LogP contribution in [-0.4, -0.2) is 58.8 Å². The van der Waals surface area contributed by atoms with Crippen molar-refractivity contribution in [3.05, 3.63) is 66.2 Å². The highest BCUT2D eigenvalue weighted by molar-refractivity contribution is 5.89. The summed E-state index contributed by atoms with van der Waals surface area (Å²) in [5.41, 5.74) is 2.20. The zero-order valence-corrected chi connectivity index (χ0v) is 16.0. The van der Waals surface area contributed by atoms with Crippen LogP contribution < -0.4 is 5.32 Å². The molecule has 2 heterocycles. The van der Waals surface area contributed by atoms with Gasteiger partial charge in [-0.1, -0.05) is 48.5 Å². The molecular formula is C21H22F3N3O3. The van der Waals surface area contributed by atoms with Crippen molar-refractivity contribution in [2.75, 3.05) is 25.0 Å². The summed E-state index contributed by atoms with van der Waals surface area (Å²) in [7, 11) is 0. The maximum Gasteiger partial charge on any atom is 0.490 e. The molecule has 4 rings (SSSR count). The van der Waals surface area contributed by atoms with Crippen molar-refractivity contribution in [1.82, 2.24) is 9.80 Å². The van der Waals surface area contributed by atoms with Crippen LogP contribution in [0.3, 0.4) is 0 Å². The van der Waals surface area contributed by atoms with E-state index in [2.05, 4.69) is 34.5 Å². The third kappa shape index (κ3) is 5.50. The van der Waals surface area contributed by atoms with Gasteiger partial charge in [0, 0.05) is 43.8 Å². The molecule has 2 aromatic rings. The molecule has 2 aliphatic heterocycles. The summed E-state index contributed by atoms with van der Waals surface area (Å²) in [6.45, 7) is 3.77. The number of aliphatic carboxylic acids is 1. The zero-order valence-electron chi connectivity index (χ0n) is 16.0. The highest BCUT2D eigenvalue weighted by atomic mass is 19.4. The van der Waals surface area contributed by atoms with E-state index < -0.39 is 12.1 Å². The summed E-state index contributed by atoms with van der Waals surface area (Å²) >= 11 is 0. The standard InChI is InChI=1S/C19H21N3O.C2HF3O2/c23-19(20-17-9-5-2-6-10-17)22-13-16-12-21(18(16)14-22)11-15-7-3-1-4-8-15;3-2(4,5)1(6)7/h1-10,16,18H,11-14H2,(H,20,23);(H,6,7). The molecule has 30 heavy (non-hydrogen) atoms. The maximum absolute atomic E-state index is 12.4. The molecule has 0 bridgehead atoms. The third-order valence-corrected chi connectivity index (χ3v) is 5.13. The van der Waals surface area contributed by atoms with E-state index >= 15 is 0 Å². The number of rotatable bonds is 3. The van der Waals surface area contributed by atoms with Crippen LogP contribution in [0.25, 0.3) is 0 Å². The number of amides is 2. The van der Waals surface area contributed by atoms with Crippen molar-refractivity contribution in [3.63, 3.8) is 0 Å². The number of halogens is 3. The highest BCUT2D eigenvalue weighted by Crippen LogP contribution is 2.33. The number of para-hydroxylation sites is 1. The minimum absolute atomic E-state index is 0.0188. The predicted octanol–water partition coefficient (Wildman–Crippen LogP) is 3.67. The van der Waals surface area contributed by atoms with E-state index in [4.69, 9.17) is 9.90 Å². The number of carbonyl (C=O) groups excluding carboxylic acids is 1.